The number of phenols is 1. The van der Waals surface area contributed by atoms with Gasteiger partial charge in [0.05, 0.1) is 18.8 Å². The van der Waals surface area contributed by atoms with E-state index in [0.717, 1.165) is 32.2 Å². The number of phenolic OH excluding ortho intramolecular Hbond substituents is 1. The van der Waals surface area contributed by atoms with Crippen molar-refractivity contribution in [3.8, 4) is 35.2 Å². The molecule has 3 saturated heterocycles. The minimum absolute atomic E-state index is 0.00734. The van der Waals surface area contributed by atoms with Crippen molar-refractivity contribution in [3.05, 3.63) is 53.8 Å². The van der Waals surface area contributed by atoms with Gasteiger partial charge in [0.2, 0.25) is 0 Å². The SMILES string of the molecule is C#Cc1cccc2cc(O)cc(-c3ccc4c(N5CC6CCC(C5)O6)nc(OC[C@@H]5CCCNC[C@H](F)C5)nc4c3F)c12. The van der Waals surface area contributed by atoms with E-state index in [9.17, 15) is 9.50 Å². The number of halogens is 2. The average Bonchev–Trinajstić information content (AvgIpc) is 3.34. The van der Waals surface area contributed by atoms with Gasteiger partial charge < -0.3 is 24.8 Å². The standard InChI is InChI=1S/C34H34F2N4O3/c1-2-21-6-3-7-22-14-24(41)15-29(30(21)22)27-10-11-28-32(31(27)36)38-34(42-19-20-5-4-12-37-16-23(35)13-20)39-33(28)40-17-25-8-9-26(18-40)43-25/h1,3,6-7,10-11,14-15,20,23,25-26,37,41H,4-5,8-9,12-13,16-19H2/t20-,23-,25?,26?/m1/s1. The molecule has 0 spiro atoms. The lowest BCUT2D eigenvalue weighted by molar-refractivity contribution is 0.0302. The molecule has 7 nitrogen and oxygen atoms in total. The Hall–Kier alpha value is -4.00. The maximum absolute atomic E-state index is 16.7. The van der Waals surface area contributed by atoms with Crippen LogP contribution in [0.15, 0.2) is 42.5 Å². The van der Waals surface area contributed by atoms with Crippen molar-refractivity contribution < 1.29 is 23.4 Å². The number of morpholine rings is 1. The van der Waals surface area contributed by atoms with E-state index in [2.05, 4.69) is 21.1 Å². The van der Waals surface area contributed by atoms with Crippen molar-refractivity contribution in [2.24, 2.45) is 5.92 Å². The van der Waals surface area contributed by atoms with Crippen LogP contribution < -0.4 is 15.0 Å². The van der Waals surface area contributed by atoms with Gasteiger partial charge in [0.15, 0.2) is 5.82 Å². The maximum atomic E-state index is 16.7. The number of nitrogens with one attached hydrogen (secondary N) is 1. The molecule has 3 aliphatic heterocycles. The molecule has 9 heteroatoms. The monoisotopic (exact) mass is 584 g/mol. The number of anilines is 1. The Kier molecular flexibility index (Phi) is 7.50. The molecule has 2 unspecified atom stereocenters. The van der Waals surface area contributed by atoms with Gasteiger partial charge in [-0.15, -0.1) is 6.42 Å². The highest BCUT2D eigenvalue weighted by Gasteiger charge is 2.35. The molecule has 0 aliphatic carbocycles. The maximum Gasteiger partial charge on any atom is 0.319 e. The average molecular weight is 585 g/mol. The summed E-state index contributed by atoms with van der Waals surface area (Å²) in [6, 6.07) is 12.2. The van der Waals surface area contributed by atoms with E-state index >= 15 is 4.39 Å². The summed E-state index contributed by atoms with van der Waals surface area (Å²) in [7, 11) is 0. The third-order valence-corrected chi connectivity index (χ3v) is 8.89. The first-order valence-corrected chi connectivity index (χ1v) is 15.1. The van der Waals surface area contributed by atoms with Gasteiger partial charge in [-0.05, 0) is 79.8 Å². The second-order valence-electron chi connectivity index (χ2n) is 11.9. The normalized spacial score (nSPS) is 24.1. The first kappa shape index (κ1) is 27.8. The van der Waals surface area contributed by atoms with Crippen molar-refractivity contribution in [1.29, 1.82) is 0 Å². The number of hydrogen-bond acceptors (Lipinski definition) is 7. The van der Waals surface area contributed by atoms with Gasteiger partial charge >= 0.3 is 6.01 Å². The van der Waals surface area contributed by atoms with E-state index in [-0.39, 0.29) is 47.6 Å². The van der Waals surface area contributed by atoms with Gasteiger partial charge in [-0.1, -0.05) is 24.1 Å². The molecule has 2 N–H and O–H groups in total. The predicted molar refractivity (Wildman–Crippen MR) is 163 cm³/mol. The first-order valence-electron chi connectivity index (χ1n) is 15.1. The lowest BCUT2D eigenvalue weighted by atomic mass is 9.93. The van der Waals surface area contributed by atoms with Crippen LogP contribution in [0, 0.1) is 24.1 Å². The van der Waals surface area contributed by atoms with Crippen molar-refractivity contribution in [1.82, 2.24) is 15.3 Å². The predicted octanol–water partition coefficient (Wildman–Crippen LogP) is 5.75. The molecule has 2 bridgehead atoms. The molecular formula is C34H34F2N4O3. The highest BCUT2D eigenvalue weighted by molar-refractivity contribution is 6.04. The molecule has 0 saturated carbocycles. The number of benzene rings is 3. The van der Waals surface area contributed by atoms with Gasteiger partial charge in [0, 0.05) is 41.5 Å². The summed E-state index contributed by atoms with van der Waals surface area (Å²) in [4.78, 5) is 11.5. The van der Waals surface area contributed by atoms with Crippen LogP contribution in [0.3, 0.4) is 0 Å². The van der Waals surface area contributed by atoms with Crippen LogP contribution in [-0.2, 0) is 4.74 Å². The van der Waals surface area contributed by atoms with Crippen LogP contribution >= 0.6 is 0 Å². The molecule has 0 amide bonds. The van der Waals surface area contributed by atoms with Crippen LogP contribution in [-0.4, -0.2) is 66.2 Å². The lowest BCUT2D eigenvalue weighted by Crippen LogP contribution is -2.43. The zero-order chi connectivity index (χ0) is 29.5. The van der Waals surface area contributed by atoms with E-state index < -0.39 is 12.0 Å². The van der Waals surface area contributed by atoms with E-state index in [0.29, 0.717) is 59.2 Å². The number of alkyl halides is 1. The van der Waals surface area contributed by atoms with Crippen LogP contribution in [0.2, 0.25) is 0 Å². The van der Waals surface area contributed by atoms with Crippen molar-refractivity contribution in [2.45, 2.75) is 50.5 Å². The molecule has 3 aromatic carbocycles. The topological polar surface area (TPSA) is 79.7 Å². The Morgan fingerprint density at radius 1 is 1.09 bits per heavy atom. The first-order chi connectivity index (χ1) is 21.0. The molecule has 4 heterocycles. The van der Waals surface area contributed by atoms with Crippen LogP contribution in [0.25, 0.3) is 32.8 Å². The fourth-order valence-corrected chi connectivity index (χ4v) is 6.85. The Morgan fingerprint density at radius 3 is 2.74 bits per heavy atom. The zero-order valence-corrected chi connectivity index (χ0v) is 23.9. The molecular weight excluding hydrogens is 550 g/mol. The summed E-state index contributed by atoms with van der Waals surface area (Å²) < 4.78 is 43.3. The second kappa shape index (κ2) is 11.6. The summed E-state index contributed by atoms with van der Waals surface area (Å²) in [5, 5.41) is 15.6. The van der Waals surface area contributed by atoms with E-state index in [1.807, 2.05) is 18.2 Å². The van der Waals surface area contributed by atoms with Gasteiger partial charge in [0.1, 0.15) is 23.3 Å². The molecule has 0 radical (unpaired) electrons. The fourth-order valence-electron chi connectivity index (χ4n) is 6.85. The van der Waals surface area contributed by atoms with Crippen LogP contribution in [0.4, 0.5) is 14.6 Å². The van der Waals surface area contributed by atoms with E-state index in [1.54, 1.807) is 18.2 Å². The summed E-state index contributed by atoms with van der Waals surface area (Å²) in [6.07, 6.45) is 9.17. The number of ether oxygens (including phenoxy) is 2. The Balaban J connectivity index is 1.33. The third kappa shape index (κ3) is 5.46. The zero-order valence-electron chi connectivity index (χ0n) is 23.9. The number of fused-ring (bicyclic) bond motifs is 4. The van der Waals surface area contributed by atoms with Crippen molar-refractivity contribution in [2.75, 3.05) is 37.7 Å². The minimum atomic E-state index is -0.948. The number of aromatic hydroxyl groups is 1. The number of aromatic nitrogens is 2. The molecule has 43 heavy (non-hydrogen) atoms. The van der Waals surface area contributed by atoms with Crippen LogP contribution in [0.5, 0.6) is 11.8 Å². The fraction of sp³-hybridized carbons (Fsp3) is 0.412. The van der Waals surface area contributed by atoms with Crippen molar-refractivity contribution in [3.63, 3.8) is 0 Å². The summed E-state index contributed by atoms with van der Waals surface area (Å²) in [6.45, 7) is 2.65. The number of terminal acetylenes is 1. The number of nitrogens with zero attached hydrogens (tertiary/aromatic N) is 3. The quantitative estimate of drug-likeness (QED) is 0.289. The Labute approximate surface area is 249 Å². The van der Waals surface area contributed by atoms with Gasteiger partial charge in [-0.25, -0.2) is 8.78 Å². The number of rotatable bonds is 5. The second-order valence-corrected chi connectivity index (χ2v) is 11.9. The Bertz CT molecular complexity index is 1710. The van der Waals surface area contributed by atoms with E-state index in [1.165, 1.54) is 6.07 Å². The largest absolute Gasteiger partial charge is 0.508 e. The van der Waals surface area contributed by atoms with Crippen molar-refractivity contribution >= 4 is 27.5 Å². The molecule has 222 valence electrons. The highest BCUT2D eigenvalue weighted by atomic mass is 19.1. The number of hydrogen-bond donors (Lipinski definition) is 2. The van der Waals surface area contributed by atoms with E-state index in [4.69, 9.17) is 20.9 Å². The van der Waals surface area contributed by atoms with Gasteiger partial charge in [-0.2, -0.15) is 9.97 Å². The molecule has 4 aromatic rings. The summed E-state index contributed by atoms with van der Waals surface area (Å²) in [5.74, 6) is 2.75. The van der Waals surface area contributed by atoms with Crippen LogP contribution in [0.1, 0.15) is 37.7 Å². The Morgan fingerprint density at radius 2 is 1.93 bits per heavy atom. The molecule has 7 rings (SSSR count). The minimum Gasteiger partial charge on any atom is -0.508 e. The summed E-state index contributed by atoms with van der Waals surface area (Å²) in [5.41, 5.74) is 1.47. The molecule has 4 atom stereocenters. The van der Waals surface area contributed by atoms with Gasteiger partial charge in [0.25, 0.3) is 0 Å². The molecule has 3 fully saturated rings. The smallest absolute Gasteiger partial charge is 0.319 e. The van der Waals surface area contributed by atoms with Gasteiger partial charge in [-0.3, -0.25) is 0 Å². The lowest BCUT2D eigenvalue weighted by Gasteiger charge is -2.33. The molecule has 1 aromatic heterocycles. The molecule has 3 aliphatic rings. The highest BCUT2D eigenvalue weighted by Crippen LogP contribution is 2.40. The summed E-state index contributed by atoms with van der Waals surface area (Å²) >= 11 is 0. The third-order valence-electron chi connectivity index (χ3n) is 8.89.